The molecule has 0 aromatic heterocycles. The first kappa shape index (κ1) is 17.3. The summed E-state index contributed by atoms with van der Waals surface area (Å²) in [4.78, 5) is 13.1. The highest BCUT2D eigenvalue weighted by Crippen LogP contribution is 2.24. The van der Waals surface area contributed by atoms with E-state index in [1.54, 1.807) is 6.07 Å². The number of nitrogens with zero attached hydrogens (tertiary/aromatic N) is 1. The molecule has 0 aliphatic heterocycles. The number of aromatic hydroxyl groups is 1. The molecule has 21 heavy (non-hydrogen) atoms. The standard InChI is InChI=1S/C16H26N2O3/c1-5-18(6-2)11-13-9-12(7-8-14(13)19)10-16(3,4)21-15(17)20/h7-9,19H,5-6,10-11H2,1-4H3,(H2,17,20). The van der Waals surface area contributed by atoms with Gasteiger partial charge in [0.05, 0.1) is 0 Å². The summed E-state index contributed by atoms with van der Waals surface area (Å²) in [6.07, 6.45) is -0.233. The number of hydrogen-bond acceptors (Lipinski definition) is 4. The molecule has 0 aliphatic rings. The molecule has 0 fully saturated rings. The molecule has 1 amide bonds. The van der Waals surface area contributed by atoms with Crippen LogP contribution < -0.4 is 5.73 Å². The molecule has 3 N–H and O–H groups in total. The number of carbonyl (C=O) groups is 1. The number of carbonyl (C=O) groups excluding carboxylic acids is 1. The van der Waals surface area contributed by atoms with Crippen LogP contribution >= 0.6 is 0 Å². The normalized spacial score (nSPS) is 11.7. The molecular weight excluding hydrogens is 268 g/mol. The maximum Gasteiger partial charge on any atom is 0.405 e. The Morgan fingerprint density at radius 3 is 2.48 bits per heavy atom. The number of primary amides is 1. The number of ether oxygens (including phenoxy) is 1. The summed E-state index contributed by atoms with van der Waals surface area (Å²) in [6.45, 7) is 10.4. The second-order valence-corrected chi connectivity index (χ2v) is 5.78. The Balaban J connectivity index is 2.88. The van der Waals surface area contributed by atoms with Crippen LogP contribution in [0.4, 0.5) is 4.79 Å². The minimum absolute atomic E-state index is 0.291. The minimum Gasteiger partial charge on any atom is -0.508 e. The number of rotatable bonds is 7. The van der Waals surface area contributed by atoms with Crippen LogP contribution in [0.1, 0.15) is 38.8 Å². The lowest BCUT2D eigenvalue weighted by molar-refractivity contribution is 0.0460. The fourth-order valence-corrected chi connectivity index (χ4v) is 2.36. The third kappa shape index (κ3) is 5.63. The summed E-state index contributed by atoms with van der Waals surface area (Å²) >= 11 is 0. The zero-order valence-electron chi connectivity index (χ0n) is 13.3. The highest BCUT2D eigenvalue weighted by Gasteiger charge is 2.22. The molecule has 0 bridgehead atoms. The van der Waals surface area contributed by atoms with E-state index in [1.807, 2.05) is 26.0 Å². The largest absolute Gasteiger partial charge is 0.508 e. The Kier molecular flexibility index (Phi) is 6.03. The molecule has 0 heterocycles. The number of nitrogens with two attached hydrogens (primary N) is 1. The van der Waals surface area contributed by atoms with E-state index < -0.39 is 11.7 Å². The van der Waals surface area contributed by atoms with Crippen LogP contribution in [0.5, 0.6) is 5.75 Å². The predicted molar refractivity (Wildman–Crippen MR) is 83.2 cm³/mol. The van der Waals surface area contributed by atoms with Gasteiger partial charge in [-0.1, -0.05) is 26.0 Å². The van der Waals surface area contributed by atoms with Gasteiger partial charge < -0.3 is 15.6 Å². The fraction of sp³-hybridized carbons (Fsp3) is 0.562. The van der Waals surface area contributed by atoms with Crippen LogP contribution in [0.2, 0.25) is 0 Å². The molecule has 118 valence electrons. The fourth-order valence-electron chi connectivity index (χ4n) is 2.36. The van der Waals surface area contributed by atoms with Crippen molar-refractivity contribution in [3.8, 4) is 5.75 Å². The van der Waals surface area contributed by atoms with Gasteiger partial charge in [-0.05, 0) is 38.6 Å². The molecular formula is C16H26N2O3. The summed E-state index contributed by atoms with van der Waals surface area (Å²) in [5.41, 5.74) is 6.29. The third-order valence-corrected chi connectivity index (χ3v) is 3.44. The monoisotopic (exact) mass is 294 g/mol. The molecule has 1 aromatic rings. The third-order valence-electron chi connectivity index (χ3n) is 3.44. The molecule has 0 saturated carbocycles. The molecule has 0 aliphatic carbocycles. The maximum absolute atomic E-state index is 10.9. The van der Waals surface area contributed by atoms with Crippen molar-refractivity contribution in [2.45, 2.75) is 46.3 Å². The quantitative estimate of drug-likeness (QED) is 0.810. The Hall–Kier alpha value is -1.75. The SMILES string of the molecule is CCN(CC)Cc1cc(CC(C)(C)OC(N)=O)ccc1O. The highest BCUT2D eigenvalue weighted by molar-refractivity contribution is 5.65. The lowest BCUT2D eigenvalue weighted by Gasteiger charge is -2.25. The molecule has 1 aromatic carbocycles. The summed E-state index contributed by atoms with van der Waals surface area (Å²) in [5.74, 6) is 0.291. The van der Waals surface area contributed by atoms with Crippen molar-refractivity contribution in [3.05, 3.63) is 29.3 Å². The Morgan fingerprint density at radius 2 is 1.95 bits per heavy atom. The van der Waals surface area contributed by atoms with E-state index in [9.17, 15) is 9.90 Å². The van der Waals surface area contributed by atoms with Gasteiger partial charge in [-0.2, -0.15) is 0 Å². The first-order valence-electron chi connectivity index (χ1n) is 7.29. The first-order chi connectivity index (χ1) is 9.77. The number of hydrogen-bond donors (Lipinski definition) is 2. The van der Waals surface area contributed by atoms with Gasteiger partial charge in [-0.15, -0.1) is 0 Å². The molecule has 1 rings (SSSR count). The van der Waals surface area contributed by atoms with Gasteiger partial charge in [-0.3, -0.25) is 4.90 Å². The first-order valence-corrected chi connectivity index (χ1v) is 7.29. The minimum atomic E-state index is -0.776. The van der Waals surface area contributed by atoms with Crippen molar-refractivity contribution in [2.75, 3.05) is 13.1 Å². The van der Waals surface area contributed by atoms with Crippen molar-refractivity contribution in [1.29, 1.82) is 0 Å². The van der Waals surface area contributed by atoms with E-state index >= 15 is 0 Å². The average Bonchev–Trinajstić information content (AvgIpc) is 2.37. The molecule has 0 unspecified atom stereocenters. The smallest absolute Gasteiger partial charge is 0.405 e. The van der Waals surface area contributed by atoms with Gasteiger partial charge in [0.2, 0.25) is 0 Å². The number of amides is 1. The Bertz CT molecular complexity index is 482. The van der Waals surface area contributed by atoms with Gasteiger partial charge in [0.25, 0.3) is 0 Å². The molecule has 5 nitrogen and oxygen atoms in total. The van der Waals surface area contributed by atoms with E-state index in [0.717, 1.165) is 24.2 Å². The van der Waals surface area contributed by atoms with E-state index in [0.29, 0.717) is 18.7 Å². The van der Waals surface area contributed by atoms with E-state index in [2.05, 4.69) is 18.7 Å². The van der Waals surface area contributed by atoms with Crippen LogP contribution in [-0.2, 0) is 17.7 Å². The zero-order valence-corrected chi connectivity index (χ0v) is 13.3. The Morgan fingerprint density at radius 1 is 1.33 bits per heavy atom. The number of phenols is 1. The van der Waals surface area contributed by atoms with Crippen LogP contribution in [0.15, 0.2) is 18.2 Å². The van der Waals surface area contributed by atoms with Crippen LogP contribution in [0.25, 0.3) is 0 Å². The lowest BCUT2D eigenvalue weighted by Crippen LogP contribution is -2.33. The summed E-state index contributed by atoms with van der Waals surface area (Å²) in [6, 6.07) is 5.49. The van der Waals surface area contributed by atoms with E-state index in [-0.39, 0.29) is 0 Å². The second-order valence-electron chi connectivity index (χ2n) is 5.78. The summed E-state index contributed by atoms with van der Waals surface area (Å²) in [5, 5.41) is 9.99. The van der Waals surface area contributed by atoms with Gasteiger partial charge in [0.15, 0.2) is 0 Å². The van der Waals surface area contributed by atoms with Crippen molar-refractivity contribution < 1.29 is 14.6 Å². The predicted octanol–water partition coefficient (Wildman–Crippen LogP) is 2.65. The van der Waals surface area contributed by atoms with Crippen molar-refractivity contribution in [1.82, 2.24) is 4.90 Å². The molecule has 0 atom stereocenters. The lowest BCUT2D eigenvalue weighted by atomic mass is 9.96. The summed E-state index contributed by atoms with van der Waals surface area (Å²) < 4.78 is 5.10. The van der Waals surface area contributed by atoms with Gasteiger partial charge in [0, 0.05) is 18.5 Å². The maximum atomic E-state index is 10.9. The second kappa shape index (κ2) is 7.31. The number of benzene rings is 1. The molecule has 5 heteroatoms. The molecule has 0 saturated heterocycles. The van der Waals surface area contributed by atoms with E-state index in [4.69, 9.17) is 10.5 Å². The van der Waals surface area contributed by atoms with Gasteiger partial charge in [0.1, 0.15) is 11.4 Å². The summed E-state index contributed by atoms with van der Waals surface area (Å²) in [7, 11) is 0. The van der Waals surface area contributed by atoms with Crippen LogP contribution in [0.3, 0.4) is 0 Å². The van der Waals surface area contributed by atoms with Crippen LogP contribution in [0, 0.1) is 0 Å². The zero-order chi connectivity index (χ0) is 16.0. The highest BCUT2D eigenvalue weighted by atomic mass is 16.6. The molecule has 0 radical (unpaired) electrons. The average molecular weight is 294 g/mol. The van der Waals surface area contributed by atoms with Crippen LogP contribution in [-0.4, -0.2) is 34.8 Å². The van der Waals surface area contributed by atoms with Crippen molar-refractivity contribution in [2.24, 2.45) is 5.73 Å². The number of phenolic OH excluding ortho intramolecular Hbond substituents is 1. The molecule has 0 spiro atoms. The van der Waals surface area contributed by atoms with Gasteiger partial charge >= 0.3 is 6.09 Å². The van der Waals surface area contributed by atoms with E-state index in [1.165, 1.54) is 0 Å². The topological polar surface area (TPSA) is 75.8 Å². The van der Waals surface area contributed by atoms with Crippen molar-refractivity contribution in [3.63, 3.8) is 0 Å². The van der Waals surface area contributed by atoms with Gasteiger partial charge in [-0.25, -0.2) is 4.79 Å². The van der Waals surface area contributed by atoms with Crippen molar-refractivity contribution >= 4 is 6.09 Å². The Labute approximate surface area is 126 Å².